The molecule has 0 aliphatic heterocycles. The van der Waals surface area contributed by atoms with Crippen LogP contribution in [0.25, 0.3) is 0 Å². The highest BCUT2D eigenvalue weighted by molar-refractivity contribution is 7.89. The summed E-state index contributed by atoms with van der Waals surface area (Å²) in [7, 11) is -2.04. The van der Waals surface area contributed by atoms with Crippen LogP contribution in [0, 0.1) is 5.92 Å². The minimum atomic E-state index is -3.59. The lowest BCUT2D eigenvalue weighted by Crippen LogP contribution is -2.29. The van der Waals surface area contributed by atoms with Gasteiger partial charge >= 0.3 is 0 Å². The SMILES string of the molecule is CC(C)Cc1ccc(S(=O)(=O)N(C)CCc2noc(COc3ccc(Cl)cc3)n2)cc1. The fraction of sp³-hybridized carbons (Fsp3) is 0.364. The van der Waals surface area contributed by atoms with Gasteiger partial charge in [0.15, 0.2) is 12.4 Å². The van der Waals surface area contributed by atoms with E-state index in [0.717, 1.165) is 12.0 Å². The first-order valence-electron chi connectivity index (χ1n) is 9.99. The Bertz CT molecular complexity index is 1080. The third-order valence-electron chi connectivity index (χ3n) is 4.61. The third-order valence-corrected chi connectivity index (χ3v) is 6.73. The molecule has 0 saturated carbocycles. The molecule has 0 amide bonds. The highest BCUT2D eigenvalue weighted by atomic mass is 35.5. The molecule has 0 saturated heterocycles. The predicted octanol–water partition coefficient (Wildman–Crippen LogP) is 4.36. The Kier molecular flexibility index (Phi) is 7.69. The van der Waals surface area contributed by atoms with Gasteiger partial charge in [0.1, 0.15) is 5.75 Å². The third kappa shape index (κ3) is 6.53. The van der Waals surface area contributed by atoms with Gasteiger partial charge < -0.3 is 9.26 Å². The van der Waals surface area contributed by atoms with Crippen molar-refractivity contribution in [2.75, 3.05) is 13.6 Å². The second kappa shape index (κ2) is 10.3. The topological polar surface area (TPSA) is 85.5 Å². The summed E-state index contributed by atoms with van der Waals surface area (Å²) < 4.78 is 37.7. The van der Waals surface area contributed by atoms with Crippen molar-refractivity contribution in [3.05, 3.63) is 70.8 Å². The molecule has 1 aromatic heterocycles. The van der Waals surface area contributed by atoms with Gasteiger partial charge in [-0.2, -0.15) is 4.98 Å². The molecule has 0 spiro atoms. The molecule has 3 rings (SSSR count). The van der Waals surface area contributed by atoms with Gasteiger partial charge in [-0.3, -0.25) is 0 Å². The van der Waals surface area contributed by atoms with Crippen LogP contribution >= 0.6 is 11.6 Å². The fourth-order valence-corrected chi connectivity index (χ4v) is 4.25. The van der Waals surface area contributed by atoms with Crippen molar-refractivity contribution in [2.24, 2.45) is 5.92 Å². The Hall–Kier alpha value is -2.42. The fourth-order valence-electron chi connectivity index (χ4n) is 2.95. The van der Waals surface area contributed by atoms with Gasteiger partial charge in [-0.25, -0.2) is 12.7 Å². The molecule has 31 heavy (non-hydrogen) atoms. The molecule has 0 N–H and O–H groups in total. The number of aromatic nitrogens is 2. The van der Waals surface area contributed by atoms with Crippen LogP contribution in [0.3, 0.4) is 0 Å². The van der Waals surface area contributed by atoms with Crippen LogP contribution in [0.1, 0.15) is 31.1 Å². The number of sulfonamides is 1. The van der Waals surface area contributed by atoms with Crippen LogP contribution in [0.4, 0.5) is 0 Å². The average molecular weight is 464 g/mol. The second-order valence-corrected chi connectivity index (χ2v) is 10.1. The normalized spacial score (nSPS) is 11.9. The Morgan fingerprint density at radius 3 is 2.42 bits per heavy atom. The number of benzene rings is 2. The predicted molar refractivity (Wildman–Crippen MR) is 119 cm³/mol. The molecule has 166 valence electrons. The first kappa shape index (κ1) is 23.2. The van der Waals surface area contributed by atoms with Gasteiger partial charge in [-0.15, -0.1) is 0 Å². The number of nitrogens with zero attached hydrogens (tertiary/aromatic N) is 3. The van der Waals surface area contributed by atoms with Crippen molar-refractivity contribution in [2.45, 2.75) is 38.2 Å². The quantitative estimate of drug-likeness (QED) is 0.444. The Labute approximate surface area is 188 Å². The van der Waals surface area contributed by atoms with Crippen molar-refractivity contribution >= 4 is 21.6 Å². The van der Waals surface area contributed by atoms with E-state index in [1.165, 1.54) is 4.31 Å². The van der Waals surface area contributed by atoms with E-state index in [1.54, 1.807) is 43.4 Å². The summed E-state index contributed by atoms with van der Waals surface area (Å²) >= 11 is 5.85. The molecule has 0 aliphatic rings. The molecular weight excluding hydrogens is 438 g/mol. The Morgan fingerprint density at radius 2 is 1.77 bits per heavy atom. The lowest BCUT2D eigenvalue weighted by atomic mass is 10.0. The van der Waals surface area contributed by atoms with E-state index in [0.29, 0.717) is 34.8 Å². The summed E-state index contributed by atoms with van der Waals surface area (Å²) in [5, 5.41) is 4.52. The molecule has 0 atom stereocenters. The van der Waals surface area contributed by atoms with Crippen LogP contribution in [-0.2, 0) is 29.5 Å². The van der Waals surface area contributed by atoms with E-state index in [-0.39, 0.29) is 18.0 Å². The summed E-state index contributed by atoms with van der Waals surface area (Å²) in [6.07, 6.45) is 1.24. The number of likely N-dealkylation sites (N-methyl/N-ethyl adjacent to an activating group) is 1. The lowest BCUT2D eigenvalue weighted by Gasteiger charge is -2.16. The number of halogens is 1. The molecule has 0 aliphatic carbocycles. The largest absolute Gasteiger partial charge is 0.484 e. The number of ether oxygens (including phenoxy) is 1. The summed E-state index contributed by atoms with van der Waals surface area (Å²) in [6, 6.07) is 14.0. The van der Waals surface area contributed by atoms with Crippen molar-refractivity contribution < 1.29 is 17.7 Å². The van der Waals surface area contributed by atoms with E-state index in [4.69, 9.17) is 20.9 Å². The summed E-state index contributed by atoms with van der Waals surface area (Å²) in [5.74, 6) is 1.89. The molecule has 3 aromatic rings. The number of rotatable bonds is 10. The van der Waals surface area contributed by atoms with E-state index < -0.39 is 10.0 Å². The molecular formula is C22H26ClN3O4S. The smallest absolute Gasteiger partial charge is 0.264 e. The van der Waals surface area contributed by atoms with Crippen LogP contribution in [0.2, 0.25) is 5.02 Å². The minimum Gasteiger partial charge on any atom is -0.484 e. The molecule has 0 radical (unpaired) electrons. The zero-order chi connectivity index (χ0) is 22.4. The van der Waals surface area contributed by atoms with Gasteiger partial charge in [0.05, 0.1) is 4.90 Å². The first-order valence-corrected chi connectivity index (χ1v) is 11.8. The van der Waals surface area contributed by atoms with Gasteiger partial charge in [-0.05, 0) is 54.3 Å². The van der Waals surface area contributed by atoms with E-state index in [9.17, 15) is 8.42 Å². The summed E-state index contributed by atoms with van der Waals surface area (Å²) in [6.45, 7) is 4.61. The van der Waals surface area contributed by atoms with Crippen LogP contribution < -0.4 is 4.74 Å². The maximum atomic E-state index is 12.8. The van der Waals surface area contributed by atoms with Crippen LogP contribution in [-0.4, -0.2) is 36.5 Å². The first-order chi connectivity index (χ1) is 14.7. The molecule has 7 nitrogen and oxygen atoms in total. The van der Waals surface area contributed by atoms with E-state index >= 15 is 0 Å². The number of hydrogen-bond donors (Lipinski definition) is 0. The standard InChI is InChI=1S/C22H26ClN3O4S/c1-16(2)14-17-4-10-20(11-5-17)31(27,28)26(3)13-12-21-24-22(30-25-21)15-29-19-8-6-18(23)7-9-19/h4-11,16H,12-15H2,1-3H3. The van der Waals surface area contributed by atoms with Gasteiger partial charge in [0.2, 0.25) is 10.0 Å². The average Bonchev–Trinajstić information content (AvgIpc) is 3.19. The summed E-state index contributed by atoms with van der Waals surface area (Å²) in [5.41, 5.74) is 1.12. The van der Waals surface area contributed by atoms with E-state index in [1.807, 2.05) is 12.1 Å². The molecule has 2 aromatic carbocycles. The number of hydrogen-bond acceptors (Lipinski definition) is 6. The Morgan fingerprint density at radius 1 is 1.10 bits per heavy atom. The maximum Gasteiger partial charge on any atom is 0.264 e. The molecule has 9 heteroatoms. The maximum absolute atomic E-state index is 12.8. The van der Waals surface area contributed by atoms with Crippen LogP contribution in [0.5, 0.6) is 5.75 Å². The van der Waals surface area contributed by atoms with Crippen molar-refractivity contribution in [1.82, 2.24) is 14.4 Å². The molecule has 0 fully saturated rings. The zero-order valence-corrected chi connectivity index (χ0v) is 19.4. The van der Waals surface area contributed by atoms with Crippen LogP contribution in [0.15, 0.2) is 57.9 Å². The summed E-state index contributed by atoms with van der Waals surface area (Å²) in [4.78, 5) is 4.53. The highest BCUT2D eigenvalue weighted by Crippen LogP contribution is 2.18. The van der Waals surface area contributed by atoms with Gasteiger partial charge in [0, 0.05) is 25.0 Å². The zero-order valence-electron chi connectivity index (χ0n) is 17.8. The van der Waals surface area contributed by atoms with Crippen molar-refractivity contribution in [3.63, 3.8) is 0 Å². The van der Waals surface area contributed by atoms with E-state index in [2.05, 4.69) is 24.0 Å². The monoisotopic (exact) mass is 463 g/mol. The molecule has 0 unspecified atom stereocenters. The Balaban J connectivity index is 1.53. The van der Waals surface area contributed by atoms with Crippen molar-refractivity contribution in [3.8, 4) is 5.75 Å². The second-order valence-electron chi connectivity index (χ2n) is 7.67. The minimum absolute atomic E-state index is 0.117. The van der Waals surface area contributed by atoms with Crippen molar-refractivity contribution in [1.29, 1.82) is 0 Å². The van der Waals surface area contributed by atoms with Gasteiger partial charge in [0.25, 0.3) is 5.89 Å². The molecule has 0 bridgehead atoms. The molecule has 1 heterocycles. The lowest BCUT2D eigenvalue weighted by molar-refractivity contribution is 0.242. The highest BCUT2D eigenvalue weighted by Gasteiger charge is 2.21. The van der Waals surface area contributed by atoms with Gasteiger partial charge in [-0.1, -0.05) is 42.7 Å².